The molecule has 0 aliphatic rings. The summed E-state index contributed by atoms with van der Waals surface area (Å²) >= 11 is 12.8. The van der Waals surface area contributed by atoms with Crippen LogP contribution in [-0.2, 0) is 0 Å². The Morgan fingerprint density at radius 2 is 2.18 bits per heavy atom. The largest absolute Gasteiger partial charge is 0.331 e. The number of anilines is 1. The third-order valence-electron chi connectivity index (χ3n) is 2.63. The highest BCUT2D eigenvalue weighted by molar-refractivity contribution is 7.80. The van der Waals surface area contributed by atoms with Gasteiger partial charge in [0.25, 0.3) is 0 Å². The molecule has 22 heavy (non-hydrogen) atoms. The molecule has 0 radical (unpaired) electrons. The SMILES string of the molecule is N#CCCN(/N=C/c1cccs1)C(=S)Nc1ccc(Cl)cc1. The average molecular weight is 349 g/mol. The summed E-state index contributed by atoms with van der Waals surface area (Å²) in [6, 6.07) is 13.2. The highest BCUT2D eigenvalue weighted by Gasteiger charge is 2.08. The fraction of sp³-hybridized carbons (Fsp3) is 0.133. The van der Waals surface area contributed by atoms with Crippen LogP contribution in [-0.4, -0.2) is 22.9 Å². The van der Waals surface area contributed by atoms with E-state index in [1.54, 1.807) is 34.7 Å². The smallest absolute Gasteiger partial charge is 0.194 e. The van der Waals surface area contributed by atoms with E-state index < -0.39 is 0 Å². The van der Waals surface area contributed by atoms with Crippen molar-refractivity contribution in [1.82, 2.24) is 5.01 Å². The number of halogens is 1. The molecule has 0 bridgehead atoms. The molecule has 2 aromatic rings. The first-order valence-corrected chi connectivity index (χ1v) is 8.14. The van der Waals surface area contributed by atoms with Crippen molar-refractivity contribution >= 4 is 52.2 Å². The third-order valence-corrected chi connectivity index (χ3v) is 4.00. The summed E-state index contributed by atoms with van der Waals surface area (Å²) in [4.78, 5) is 1.02. The Hall–Kier alpha value is -1.94. The minimum absolute atomic E-state index is 0.338. The minimum Gasteiger partial charge on any atom is -0.331 e. The van der Waals surface area contributed by atoms with Crippen LogP contribution in [0, 0.1) is 11.3 Å². The van der Waals surface area contributed by atoms with E-state index in [4.69, 9.17) is 29.1 Å². The standard InChI is InChI=1S/C15H13ClN4S2/c16-12-4-6-13(7-5-12)19-15(21)20(9-2-8-17)18-11-14-3-1-10-22-14/h1,3-7,10-11H,2,9H2,(H,19,21)/b18-11+. The van der Waals surface area contributed by atoms with Crippen molar-refractivity contribution in [2.75, 3.05) is 11.9 Å². The summed E-state index contributed by atoms with van der Waals surface area (Å²) in [6.07, 6.45) is 2.07. The van der Waals surface area contributed by atoms with E-state index in [2.05, 4.69) is 16.5 Å². The van der Waals surface area contributed by atoms with Gasteiger partial charge >= 0.3 is 0 Å². The summed E-state index contributed by atoms with van der Waals surface area (Å²) in [5.74, 6) is 0. The average Bonchev–Trinajstić information content (AvgIpc) is 3.03. The molecule has 0 atom stereocenters. The van der Waals surface area contributed by atoms with Crippen molar-refractivity contribution in [3.63, 3.8) is 0 Å². The summed E-state index contributed by atoms with van der Waals surface area (Å²) in [5, 5.41) is 20.9. The second kappa shape index (κ2) is 8.49. The summed E-state index contributed by atoms with van der Waals surface area (Å²) in [7, 11) is 0. The Labute approximate surface area is 143 Å². The van der Waals surface area contributed by atoms with Gasteiger partial charge in [0, 0.05) is 15.6 Å². The van der Waals surface area contributed by atoms with Gasteiger partial charge < -0.3 is 5.32 Å². The summed E-state index contributed by atoms with van der Waals surface area (Å²) in [6.45, 7) is 0.428. The van der Waals surface area contributed by atoms with E-state index in [1.807, 2.05) is 29.6 Å². The maximum atomic E-state index is 8.76. The molecule has 0 amide bonds. The van der Waals surface area contributed by atoms with Crippen LogP contribution in [0.3, 0.4) is 0 Å². The maximum Gasteiger partial charge on any atom is 0.194 e. The van der Waals surface area contributed by atoms with Crippen LogP contribution in [0.25, 0.3) is 0 Å². The number of thiocarbonyl (C=S) groups is 1. The number of hydrazone groups is 1. The summed E-state index contributed by atoms with van der Waals surface area (Å²) in [5.41, 5.74) is 0.822. The predicted molar refractivity (Wildman–Crippen MR) is 96.5 cm³/mol. The molecule has 1 aromatic carbocycles. The monoisotopic (exact) mass is 348 g/mol. The molecule has 0 unspecified atom stereocenters. The number of hydrogen-bond acceptors (Lipinski definition) is 4. The first-order valence-electron chi connectivity index (χ1n) is 6.47. The maximum absolute atomic E-state index is 8.76. The molecule has 0 fully saturated rings. The van der Waals surface area contributed by atoms with Gasteiger partial charge in [0.2, 0.25) is 0 Å². The van der Waals surface area contributed by atoms with Crippen LogP contribution in [0.2, 0.25) is 5.02 Å². The van der Waals surface area contributed by atoms with Crippen LogP contribution in [0.5, 0.6) is 0 Å². The molecule has 0 aliphatic carbocycles. The lowest BCUT2D eigenvalue weighted by molar-refractivity contribution is 0.464. The molecule has 1 N–H and O–H groups in total. The van der Waals surface area contributed by atoms with Crippen molar-refractivity contribution in [3.8, 4) is 6.07 Å². The van der Waals surface area contributed by atoms with E-state index in [-0.39, 0.29) is 0 Å². The van der Waals surface area contributed by atoms with Crippen LogP contribution in [0.15, 0.2) is 46.9 Å². The normalized spacial score (nSPS) is 10.4. The van der Waals surface area contributed by atoms with Crippen molar-refractivity contribution in [2.45, 2.75) is 6.42 Å². The van der Waals surface area contributed by atoms with Gasteiger partial charge in [-0.2, -0.15) is 10.4 Å². The summed E-state index contributed by atoms with van der Waals surface area (Å²) < 4.78 is 0. The van der Waals surface area contributed by atoms with Gasteiger partial charge in [-0.25, -0.2) is 5.01 Å². The van der Waals surface area contributed by atoms with E-state index in [1.165, 1.54) is 0 Å². The first kappa shape index (κ1) is 16.4. The van der Waals surface area contributed by atoms with Crippen LogP contribution < -0.4 is 5.32 Å². The Morgan fingerprint density at radius 1 is 1.41 bits per heavy atom. The van der Waals surface area contributed by atoms with Crippen molar-refractivity contribution < 1.29 is 0 Å². The Kier molecular flexibility index (Phi) is 6.34. The molecule has 112 valence electrons. The Bertz CT molecular complexity index is 675. The predicted octanol–water partition coefficient (Wildman–Crippen LogP) is 4.35. The topological polar surface area (TPSA) is 51.4 Å². The molecule has 2 rings (SSSR count). The number of nitrogens with one attached hydrogen (secondary N) is 1. The van der Waals surface area contributed by atoms with Gasteiger partial charge in [-0.05, 0) is 47.9 Å². The van der Waals surface area contributed by atoms with Crippen molar-refractivity contribution in [3.05, 3.63) is 51.7 Å². The van der Waals surface area contributed by atoms with Crippen molar-refractivity contribution in [1.29, 1.82) is 5.26 Å². The molecule has 4 nitrogen and oxygen atoms in total. The Morgan fingerprint density at radius 3 is 2.82 bits per heavy atom. The van der Waals surface area contributed by atoms with Gasteiger partial charge in [-0.1, -0.05) is 17.7 Å². The minimum atomic E-state index is 0.338. The van der Waals surface area contributed by atoms with Crippen molar-refractivity contribution in [2.24, 2.45) is 5.10 Å². The van der Waals surface area contributed by atoms with Gasteiger partial charge in [0.1, 0.15) is 0 Å². The molecule has 1 heterocycles. The zero-order valence-corrected chi connectivity index (χ0v) is 14.0. The second-order valence-electron chi connectivity index (χ2n) is 4.23. The number of nitriles is 1. The van der Waals surface area contributed by atoms with Crippen LogP contribution >= 0.6 is 35.2 Å². The van der Waals surface area contributed by atoms with Crippen LogP contribution in [0.4, 0.5) is 5.69 Å². The molecular formula is C15H13ClN4S2. The lowest BCUT2D eigenvalue weighted by Gasteiger charge is -2.19. The quantitative estimate of drug-likeness (QED) is 0.496. The van der Waals surface area contributed by atoms with Crippen LogP contribution in [0.1, 0.15) is 11.3 Å². The highest BCUT2D eigenvalue weighted by atomic mass is 35.5. The number of thiophene rings is 1. The molecule has 0 saturated heterocycles. The first-order chi connectivity index (χ1) is 10.7. The fourth-order valence-electron chi connectivity index (χ4n) is 1.58. The molecule has 0 saturated carbocycles. The van der Waals surface area contributed by atoms with E-state index in [0.717, 1.165) is 10.6 Å². The molecule has 1 aromatic heterocycles. The highest BCUT2D eigenvalue weighted by Crippen LogP contribution is 2.14. The number of nitrogens with zero attached hydrogens (tertiary/aromatic N) is 3. The zero-order chi connectivity index (χ0) is 15.8. The lowest BCUT2D eigenvalue weighted by Crippen LogP contribution is -2.31. The molecule has 0 spiro atoms. The van der Waals surface area contributed by atoms with Gasteiger partial charge in [0.15, 0.2) is 5.11 Å². The van der Waals surface area contributed by atoms with E-state index in [0.29, 0.717) is 23.1 Å². The van der Waals surface area contributed by atoms with Gasteiger partial charge in [-0.15, -0.1) is 11.3 Å². The van der Waals surface area contributed by atoms with E-state index in [9.17, 15) is 0 Å². The van der Waals surface area contributed by atoms with Gasteiger partial charge in [0.05, 0.1) is 25.2 Å². The zero-order valence-electron chi connectivity index (χ0n) is 11.6. The third kappa shape index (κ3) is 5.11. The second-order valence-corrected chi connectivity index (χ2v) is 6.03. The number of hydrogen-bond donors (Lipinski definition) is 1. The molecule has 0 aliphatic heterocycles. The van der Waals surface area contributed by atoms with Gasteiger partial charge in [-0.3, -0.25) is 0 Å². The molecule has 7 heteroatoms. The lowest BCUT2D eigenvalue weighted by atomic mass is 10.3. The molecular weight excluding hydrogens is 336 g/mol. The van der Waals surface area contributed by atoms with E-state index >= 15 is 0 Å². The Balaban J connectivity index is 2.05. The number of rotatable bonds is 5. The fourth-order valence-corrected chi connectivity index (χ4v) is 2.54. The number of benzene rings is 1.